The molecule has 1 aromatic carbocycles. The summed E-state index contributed by atoms with van der Waals surface area (Å²) >= 11 is 5.94. The van der Waals surface area contributed by atoms with Crippen LogP contribution in [0.3, 0.4) is 0 Å². The van der Waals surface area contributed by atoms with Crippen molar-refractivity contribution in [2.75, 3.05) is 20.2 Å². The molecule has 23 heavy (non-hydrogen) atoms. The number of likely N-dealkylation sites (tertiary alicyclic amines) is 1. The summed E-state index contributed by atoms with van der Waals surface area (Å²) in [5, 5.41) is 8.34. The molecule has 1 unspecified atom stereocenters. The molecule has 1 atom stereocenters. The Labute approximate surface area is 139 Å². The molecule has 0 spiro atoms. The van der Waals surface area contributed by atoms with Gasteiger partial charge in [-0.3, -0.25) is 4.79 Å². The fourth-order valence-corrected chi connectivity index (χ4v) is 2.65. The molecule has 2 aromatic rings. The third kappa shape index (κ3) is 3.71. The van der Waals surface area contributed by atoms with Gasteiger partial charge in [-0.2, -0.15) is 0 Å². The van der Waals surface area contributed by atoms with Crippen molar-refractivity contribution in [2.24, 2.45) is 0 Å². The first-order valence-corrected chi connectivity index (χ1v) is 7.63. The lowest BCUT2D eigenvalue weighted by atomic mass is 10.2. The van der Waals surface area contributed by atoms with E-state index in [1.54, 1.807) is 41.3 Å². The van der Waals surface area contributed by atoms with Crippen LogP contribution in [-0.2, 0) is 0 Å². The van der Waals surface area contributed by atoms with E-state index in [0.29, 0.717) is 35.4 Å². The fourth-order valence-electron chi connectivity index (χ4n) is 2.46. The van der Waals surface area contributed by atoms with E-state index in [2.05, 4.69) is 10.2 Å². The molecule has 7 heteroatoms. The topological polar surface area (TPSA) is 64.6 Å². The number of amides is 1. The Bertz CT molecular complexity index is 693. The third-order valence-corrected chi connectivity index (χ3v) is 3.85. The van der Waals surface area contributed by atoms with E-state index in [0.717, 1.165) is 6.42 Å². The average Bonchev–Trinajstić information content (AvgIpc) is 3.03. The highest BCUT2D eigenvalue weighted by molar-refractivity contribution is 6.30. The highest BCUT2D eigenvalue weighted by Crippen LogP contribution is 2.20. The van der Waals surface area contributed by atoms with Gasteiger partial charge in [-0.1, -0.05) is 17.7 Å². The predicted octanol–water partition coefficient (Wildman–Crippen LogP) is 2.43. The number of ether oxygens (including phenoxy) is 2. The number of hydrogen-bond acceptors (Lipinski definition) is 5. The average molecular weight is 334 g/mol. The minimum absolute atomic E-state index is 0.0422. The molecule has 1 fully saturated rings. The highest BCUT2D eigenvalue weighted by Gasteiger charge is 2.28. The van der Waals surface area contributed by atoms with Crippen molar-refractivity contribution in [1.29, 1.82) is 0 Å². The van der Waals surface area contributed by atoms with Crippen LogP contribution < -0.4 is 9.47 Å². The van der Waals surface area contributed by atoms with E-state index in [1.165, 1.54) is 7.11 Å². The normalized spacial score (nSPS) is 17.1. The van der Waals surface area contributed by atoms with Gasteiger partial charge in [-0.25, -0.2) is 0 Å². The Hall–Kier alpha value is -2.34. The third-order valence-electron chi connectivity index (χ3n) is 3.62. The molecule has 0 N–H and O–H groups in total. The number of aromatic nitrogens is 2. The van der Waals surface area contributed by atoms with Crippen molar-refractivity contribution in [3.8, 4) is 11.8 Å². The van der Waals surface area contributed by atoms with Gasteiger partial charge in [0, 0.05) is 35.7 Å². The summed E-state index contributed by atoms with van der Waals surface area (Å²) in [6, 6.07) is 10.3. The lowest BCUT2D eigenvalue weighted by Crippen LogP contribution is -2.31. The summed E-state index contributed by atoms with van der Waals surface area (Å²) in [5.74, 6) is 0.814. The summed E-state index contributed by atoms with van der Waals surface area (Å²) in [6.07, 6.45) is 0.654. The van der Waals surface area contributed by atoms with Gasteiger partial charge < -0.3 is 14.4 Å². The van der Waals surface area contributed by atoms with E-state index in [-0.39, 0.29) is 12.0 Å². The second-order valence-corrected chi connectivity index (χ2v) is 5.64. The van der Waals surface area contributed by atoms with Gasteiger partial charge in [0.25, 0.3) is 5.91 Å². The molecule has 0 aliphatic carbocycles. The van der Waals surface area contributed by atoms with Crippen molar-refractivity contribution in [2.45, 2.75) is 12.5 Å². The lowest BCUT2D eigenvalue weighted by molar-refractivity contribution is 0.0771. The number of carbonyl (C=O) groups excluding carboxylic acids is 1. The molecule has 6 nitrogen and oxygen atoms in total. The minimum Gasteiger partial charge on any atom is -0.480 e. The van der Waals surface area contributed by atoms with Gasteiger partial charge in [0.05, 0.1) is 13.7 Å². The minimum atomic E-state index is -0.0965. The van der Waals surface area contributed by atoms with Crippen LogP contribution >= 0.6 is 11.6 Å². The Morgan fingerprint density at radius 2 is 2.04 bits per heavy atom. The zero-order valence-electron chi connectivity index (χ0n) is 12.6. The highest BCUT2D eigenvalue weighted by atomic mass is 35.5. The molecule has 1 amide bonds. The van der Waals surface area contributed by atoms with Crippen molar-refractivity contribution in [3.63, 3.8) is 0 Å². The second kappa shape index (κ2) is 6.83. The van der Waals surface area contributed by atoms with Gasteiger partial charge in [-0.15, -0.1) is 10.2 Å². The quantitative estimate of drug-likeness (QED) is 0.859. The summed E-state index contributed by atoms with van der Waals surface area (Å²) < 4.78 is 10.7. The maximum atomic E-state index is 12.4. The summed E-state index contributed by atoms with van der Waals surface area (Å²) in [7, 11) is 1.53. The standard InChI is InChI=1S/C16H16ClN3O3/c1-22-14-5-6-15(19-18-14)23-13-7-8-20(10-13)16(21)11-3-2-4-12(17)9-11/h2-6,9,13H,7-8,10H2,1H3. The van der Waals surface area contributed by atoms with Gasteiger partial charge >= 0.3 is 0 Å². The first kappa shape index (κ1) is 15.6. The van der Waals surface area contributed by atoms with Crippen LogP contribution in [-0.4, -0.2) is 47.3 Å². The largest absolute Gasteiger partial charge is 0.480 e. The molecule has 3 rings (SSSR count). The fraction of sp³-hybridized carbons (Fsp3) is 0.312. The van der Waals surface area contributed by atoms with Gasteiger partial charge in [0.2, 0.25) is 11.8 Å². The van der Waals surface area contributed by atoms with E-state index in [1.807, 2.05) is 0 Å². The second-order valence-electron chi connectivity index (χ2n) is 5.20. The summed E-state index contributed by atoms with van der Waals surface area (Å²) in [6.45, 7) is 1.15. The molecule has 0 bridgehead atoms. The zero-order chi connectivity index (χ0) is 16.2. The predicted molar refractivity (Wildman–Crippen MR) is 85.0 cm³/mol. The Morgan fingerprint density at radius 1 is 1.26 bits per heavy atom. The van der Waals surface area contributed by atoms with Crippen LogP contribution in [0.5, 0.6) is 11.8 Å². The number of benzene rings is 1. The zero-order valence-corrected chi connectivity index (χ0v) is 13.4. The summed E-state index contributed by atoms with van der Waals surface area (Å²) in [5.41, 5.74) is 0.586. The van der Waals surface area contributed by atoms with Gasteiger partial charge in [-0.05, 0) is 18.2 Å². The molecule has 120 valence electrons. The maximum absolute atomic E-state index is 12.4. The molecule has 1 saturated heterocycles. The lowest BCUT2D eigenvalue weighted by Gasteiger charge is -2.17. The first-order valence-electron chi connectivity index (χ1n) is 7.25. The van der Waals surface area contributed by atoms with E-state index in [9.17, 15) is 4.79 Å². The maximum Gasteiger partial charge on any atom is 0.254 e. The van der Waals surface area contributed by atoms with Crippen LogP contribution in [0.15, 0.2) is 36.4 Å². The van der Waals surface area contributed by atoms with Gasteiger partial charge in [0.1, 0.15) is 6.10 Å². The molecule has 1 aliphatic rings. The summed E-state index contributed by atoms with van der Waals surface area (Å²) in [4.78, 5) is 14.2. The number of carbonyl (C=O) groups is 1. The molecule has 1 aliphatic heterocycles. The number of methoxy groups -OCH3 is 1. The number of hydrogen-bond donors (Lipinski definition) is 0. The monoisotopic (exact) mass is 333 g/mol. The van der Waals surface area contributed by atoms with Crippen molar-refractivity contribution in [3.05, 3.63) is 47.0 Å². The molecule has 0 saturated carbocycles. The van der Waals surface area contributed by atoms with Crippen LogP contribution in [0.25, 0.3) is 0 Å². The number of nitrogens with zero attached hydrogens (tertiary/aromatic N) is 3. The van der Waals surface area contributed by atoms with Crippen LogP contribution in [0.2, 0.25) is 5.02 Å². The molecule has 0 radical (unpaired) electrons. The Morgan fingerprint density at radius 3 is 2.74 bits per heavy atom. The smallest absolute Gasteiger partial charge is 0.254 e. The Balaban J connectivity index is 1.60. The van der Waals surface area contributed by atoms with Crippen LogP contribution in [0.1, 0.15) is 16.8 Å². The first-order chi connectivity index (χ1) is 11.2. The molecular formula is C16H16ClN3O3. The van der Waals surface area contributed by atoms with E-state index in [4.69, 9.17) is 21.1 Å². The van der Waals surface area contributed by atoms with Crippen molar-refractivity contribution >= 4 is 17.5 Å². The van der Waals surface area contributed by atoms with Crippen LogP contribution in [0, 0.1) is 0 Å². The van der Waals surface area contributed by atoms with Crippen molar-refractivity contribution < 1.29 is 14.3 Å². The van der Waals surface area contributed by atoms with Crippen molar-refractivity contribution in [1.82, 2.24) is 15.1 Å². The molecule has 2 heterocycles. The van der Waals surface area contributed by atoms with Crippen LogP contribution in [0.4, 0.5) is 0 Å². The number of halogens is 1. The van der Waals surface area contributed by atoms with Gasteiger partial charge in [0.15, 0.2) is 0 Å². The Kier molecular flexibility index (Phi) is 4.62. The SMILES string of the molecule is COc1ccc(OC2CCN(C(=O)c3cccc(Cl)c3)C2)nn1. The molecule has 1 aromatic heterocycles. The molecular weight excluding hydrogens is 318 g/mol. The van der Waals surface area contributed by atoms with E-state index >= 15 is 0 Å². The van der Waals surface area contributed by atoms with E-state index < -0.39 is 0 Å². The number of rotatable bonds is 4.